The lowest BCUT2D eigenvalue weighted by Gasteiger charge is -2.44. The number of carbonyl (C=O) groups excluding carboxylic acids is 1. The van der Waals surface area contributed by atoms with E-state index in [0.29, 0.717) is 25.2 Å². The number of nitrogens with zero attached hydrogens (tertiary/aromatic N) is 3. The van der Waals surface area contributed by atoms with Gasteiger partial charge < -0.3 is 20.3 Å². The second-order valence-electron chi connectivity index (χ2n) is 11.4. The average Bonchev–Trinajstić information content (AvgIpc) is 3.37. The highest BCUT2D eigenvalue weighted by Crippen LogP contribution is 2.41. The molecule has 1 aromatic heterocycles. The molecular formula is C31H36F2N6O2. The monoisotopic (exact) mass is 562 g/mol. The van der Waals surface area contributed by atoms with Crippen molar-refractivity contribution >= 4 is 16.8 Å². The van der Waals surface area contributed by atoms with Gasteiger partial charge in [0.25, 0.3) is 0 Å². The van der Waals surface area contributed by atoms with Gasteiger partial charge in [0.1, 0.15) is 11.6 Å². The summed E-state index contributed by atoms with van der Waals surface area (Å²) in [5.41, 5.74) is 9.02. The second kappa shape index (κ2) is 11.3. The maximum Gasteiger partial charge on any atom is 0.226 e. The first-order valence-corrected chi connectivity index (χ1v) is 14.2. The number of H-pyrrole nitrogens is 1. The molecule has 8 nitrogen and oxygen atoms in total. The van der Waals surface area contributed by atoms with Gasteiger partial charge in [-0.1, -0.05) is 12.1 Å². The number of likely N-dealkylation sites (N-methyl/N-ethyl adjacent to an activating group) is 1. The molecule has 6 rings (SSSR count). The molecule has 0 spiro atoms. The largest absolute Gasteiger partial charge is 0.381 e. The van der Waals surface area contributed by atoms with Crippen LogP contribution in [0.5, 0.6) is 0 Å². The number of rotatable bonds is 7. The number of allylic oxidation sites excluding steroid dienone is 1. The highest BCUT2D eigenvalue weighted by atomic mass is 19.1. The van der Waals surface area contributed by atoms with Gasteiger partial charge in [0.15, 0.2) is 0 Å². The molecule has 2 unspecified atom stereocenters. The number of hydrogen-bond acceptors (Lipinski definition) is 6. The Morgan fingerprint density at radius 1 is 1.10 bits per heavy atom. The molecule has 0 radical (unpaired) electrons. The van der Waals surface area contributed by atoms with E-state index in [2.05, 4.69) is 38.4 Å². The zero-order valence-corrected chi connectivity index (χ0v) is 23.2. The number of aromatic nitrogens is 2. The Kier molecular flexibility index (Phi) is 7.63. The molecule has 3 aliphatic rings. The summed E-state index contributed by atoms with van der Waals surface area (Å²) >= 11 is 0. The zero-order valence-electron chi connectivity index (χ0n) is 23.2. The SMILES string of the molecule is CN1CCN(C2=CC(NC3CCOCC3)(c3[nH]nc4ccc(Cc5cc(F)cc(F)c5)cc34)C(C(N)=O)C=C2)CC1. The summed E-state index contributed by atoms with van der Waals surface area (Å²) in [6.07, 6.45) is 8.01. The van der Waals surface area contributed by atoms with Crippen molar-refractivity contribution in [3.05, 3.63) is 88.8 Å². The summed E-state index contributed by atoms with van der Waals surface area (Å²) < 4.78 is 33.4. The third-order valence-electron chi connectivity index (χ3n) is 8.53. The molecule has 2 aromatic carbocycles. The molecule has 10 heteroatoms. The van der Waals surface area contributed by atoms with Gasteiger partial charge in [-0.2, -0.15) is 5.10 Å². The van der Waals surface area contributed by atoms with Gasteiger partial charge in [-0.25, -0.2) is 8.78 Å². The second-order valence-corrected chi connectivity index (χ2v) is 11.4. The van der Waals surface area contributed by atoms with Gasteiger partial charge >= 0.3 is 0 Å². The number of benzene rings is 2. The van der Waals surface area contributed by atoms with Gasteiger partial charge in [0, 0.05) is 62.6 Å². The number of primary amides is 1. The molecular weight excluding hydrogens is 526 g/mol. The van der Waals surface area contributed by atoms with Crippen molar-refractivity contribution in [1.82, 2.24) is 25.3 Å². The van der Waals surface area contributed by atoms with Gasteiger partial charge in [-0.15, -0.1) is 0 Å². The van der Waals surface area contributed by atoms with Crippen molar-refractivity contribution in [3.8, 4) is 0 Å². The van der Waals surface area contributed by atoms with E-state index in [1.54, 1.807) is 0 Å². The molecule has 2 fully saturated rings. The zero-order chi connectivity index (χ0) is 28.6. The lowest BCUT2D eigenvalue weighted by atomic mass is 9.74. The third-order valence-corrected chi connectivity index (χ3v) is 8.53. The van der Waals surface area contributed by atoms with Gasteiger partial charge in [-0.3, -0.25) is 15.2 Å². The van der Waals surface area contributed by atoms with E-state index in [1.165, 1.54) is 12.1 Å². The molecule has 1 amide bonds. The van der Waals surface area contributed by atoms with Crippen molar-refractivity contribution in [1.29, 1.82) is 0 Å². The highest BCUT2D eigenvalue weighted by molar-refractivity contribution is 5.87. The van der Waals surface area contributed by atoms with Gasteiger partial charge in [0.2, 0.25) is 5.91 Å². The highest BCUT2D eigenvalue weighted by Gasteiger charge is 2.47. The summed E-state index contributed by atoms with van der Waals surface area (Å²) in [6.45, 7) is 4.91. The molecule has 41 heavy (non-hydrogen) atoms. The Morgan fingerprint density at radius 2 is 1.83 bits per heavy atom. The first-order chi connectivity index (χ1) is 19.8. The van der Waals surface area contributed by atoms with Crippen molar-refractivity contribution in [2.24, 2.45) is 11.7 Å². The van der Waals surface area contributed by atoms with Crippen LogP contribution in [0.15, 0.2) is 60.3 Å². The van der Waals surface area contributed by atoms with Crippen LogP contribution in [0.1, 0.15) is 29.7 Å². The number of aromatic amines is 1. The fraction of sp³-hybridized carbons (Fsp3) is 0.419. The van der Waals surface area contributed by atoms with Gasteiger partial charge in [0.05, 0.1) is 22.7 Å². The minimum Gasteiger partial charge on any atom is -0.381 e. The topological polar surface area (TPSA) is 99.5 Å². The molecule has 1 aliphatic carbocycles. The van der Waals surface area contributed by atoms with Crippen LogP contribution in [-0.2, 0) is 21.5 Å². The lowest BCUT2D eigenvalue weighted by molar-refractivity contribution is -0.122. The van der Waals surface area contributed by atoms with Crippen LogP contribution in [0.25, 0.3) is 10.9 Å². The van der Waals surface area contributed by atoms with Crippen molar-refractivity contribution < 1.29 is 18.3 Å². The first-order valence-electron chi connectivity index (χ1n) is 14.2. The summed E-state index contributed by atoms with van der Waals surface area (Å²) in [5.74, 6) is -2.33. The van der Waals surface area contributed by atoms with Gasteiger partial charge in [-0.05, 0) is 73.9 Å². The molecule has 2 atom stereocenters. The first kappa shape index (κ1) is 27.6. The Balaban J connectivity index is 1.46. The molecule has 3 aromatic rings. The standard InChI is InChI=1S/C31H36F2N6O2/c1-38-8-10-39(11-9-38)25-3-4-27(30(34)40)31(19-25,35-24-6-12-41-13-7-24)29-26-17-20(2-5-28(26)36-37-29)14-21-15-22(32)18-23(33)16-21/h2-5,15-19,24,27,35H,6-14H2,1H3,(H2,34,40)(H,36,37). The smallest absolute Gasteiger partial charge is 0.226 e. The summed E-state index contributed by atoms with van der Waals surface area (Å²) in [6, 6.07) is 9.45. The minimum absolute atomic E-state index is 0.0962. The number of hydrogen-bond donors (Lipinski definition) is 3. The molecule has 2 aliphatic heterocycles. The number of nitrogens with two attached hydrogens (primary N) is 1. The Morgan fingerprint density at radius 3 is 2.54 bits per heavy atom. The Hall–Kier alpha value is -3.60. The summed E-state index contributed by atoms with van der Waals surface area (Å²) in [4.78, 5) is 17.7. The third kappa shape index (κ3) is 5.64. The van der Waals surface area contributed by atoms with Crippen LogP contribution in [0.2, 0.25) is 0 Å². The quantitative estimate of drug-likeness (QED) is 0.409. The summed E-state index contributed by atoms with van der Waals surface area (Å²) in [7, 11) is 2.12. The van der Waals surface area contributed by atoms with E-state index < -0.39 is 29.0 Å². The number of carbonyl (C=O) groups is 1. The van der Waals surface area contributed by atoms with E-state index in [0.717, 1.165) is 72.9 Å². The van der Waals surface area contributed by atoms with E-state index in [4.69, 9.17) is 10.5 Å². The van der Waals surface area contributed by atoms with Crippen LogP contribution in [-0.4, -0.2) is 78.4 Å². The number of halogens is 2. The minimum atomic E-state index is -0.986. The molecule has 3 heterocycles. The molecule has 216 valence electrons. The van der Waals surface area contributed by atoms with E-state index >= 15 is 0 Å². The van der Waals surface area contributed by atoms with E-state index in [9.17, 15) is 13.6 Å². The summed E-state index contributed by atoms with van der Waals surface area (Å²) in [5, 5.41) is 12.5. The normalized spacial score (nSPS) is 24.1. The Labute approximate surface area is 238 Å². The maximum absolute atomic E-state index is 13.9. The number of ether oxygens (including phenoxy) is 1. The molecule has 0 saturated carbocycles. The van der Waals surface area contributed by atoms with Crippen molar-refractivity contribution in [3.63, 3.8) is 0 Å². The lowest BCUT2D eigenvalue weighted by Crippen LogP contribution is -2.57. The number of nitrogens with one attached hydrogen (secondary N) is 2. The predicted octanol–water partition coefficient (Wildman–Crippen LogP) is 3.20. The molecule has 4 N–H and O–H groups in total. The van der Waals surface area contributed by atoms with Crippen LogP contribution in [0, 0.1) is 17.6 Å². The van der Waals surface area contributed by atoms with Crippen molar-refractivity contribution in [2.75, 3.05) is 46.4 Å². The van der Waals surface area contributed by atoms with E-state index in [1.807, 2.05) is 30.4 Å². The average molecular weight is 563 g/mol. The van der Waals surface area contributed by atoms with E-state index in [-0.39, 0.29) is 6.04 Å². The van der Waals surface area contributed by atoms with Crippen molar-refractivity contribution in [2.45, 2.75) is 30.8 Å². The predicted molar refractivity (Wildman–Crippen MR) is 153 cm³/mol. The van der Waals surface area contributed by atoms with Crippen LogP contribution >= 0.6 is 0 Å². The Bertz CT molecular complexity index is 1470. The van der Waals surface area contributed by atoms with Crippen LogP contribution in [0.3, 0.4) is 0 Å². The molecule has 2 saturated heterocycles. The fourth-order valence-corrected chi connectivity index (χ4v) is 6.34. The number of piperazine rings is 1. The van der Waals surface area contributed by atoms with Crippen LogP contribution < -0.4 is 11.1 Å². The fourth-order valence-electron chi connectivity index (χ4n) is 6.34. The maximum atomic E-state index is 13.9. The number of amides is 1. The number of fused-ring (bicyclic) bond motifs is 1. The molecule has 0 bridgehead atoms. The van der Waals surface area contributed by atoms with Crippen LogP contribution in [0.4, 0.5) is 8.78 Å².